The lowest BCUT2D eigenvalue weighted by Crippen LogP contribution is -2.29. The quantitative estimate of drug-likeness (QED) is 0.703. The predicted molar refractivity (Wildman–Crippen MR) is 92.5 cm³/mol. The topological polar surface area (TPSA) is 79.6 Å². The summed E-state index contributed by atoms with van der Waals surface area (Å²) in [4.78, 5) is 23.6. The van der Waals surface area contributed by atoms with Crippen molar-refractivity contribution >= 4 is 16.9 Å². The van der Waals surface area contributed by atoms with Crippen LogP contribution in [-0.4, -0.2) is 12.6 Å². The second kappa shape index (κ2) is 7.00. The molecule has 0 saturated heterocycles. The molecule has 0 unspecified atom stereocenters. The summed E-state index contributed by atoms with van der Waals surface area (Å²) in [7, 11) is 0. The maximum Gasteiger partial charge on any atom is 0.200 e. The molecule has 0 aliphatic rings. The molecule has 5 nitrogen and oxygen atoms in total. The molecule has 26 heavy (non-hydrogen) atoms. The summed E-state index contributed by atoms with van der Waals surface area (Å²) >= 11 is 0. The third kappa shape index (κ3) is 3.31. The maximum atomic E-state index is 13.2. The number of carboxylic acids is 1. The van der Waals surface area contributed by atoms with Crippen molar-refractivity contribution in [3.8, 4) is 16.9 Å². The fraction of sp³-hybridized carbons (Fsp3) is 0.200. The molecule has 0 saturated carbocycles. The molecular formula is C20H16FO5-. The van der Waals surface area contributed by atoms with Gasteiger partial charge in [0.15, 0.2) is 0 Å². The fourth-order valence-electron chi connectivity index (χ4n) is 2.88. The van der Waals surface area contributed by atoms with Crippen LogP contribution in [-0.2, 0) is 11.2 Å². The highest BCUT2D eigenvalue weighted by molar-refractivity contribution is 5.85. The summed E-state index contributed by atoms with van der Waals surface area (Å²) in [6.45, 7) is 2.92. The first-order chi connectivity index (χ1) is 12.4. The second-order valence-corrected chi connectivity index (χ2v) is 5.84. The standard InChI is InChI=1S/C20H17FO5/c1-3-12-8-15-17(9-16(12)25-10-18(22)23)26-11(2)19(20(15)24)13-4-6-14(21)7-5-13/h4-9H,3,10H2,1-2H3,(H,22,23)/p-1. The maximum absolute atomic E-state index is 13.2. The first-order valence-electron chi connectivity index (χ1n) is 8.09. The molecule has 0 amide bonds. The number of carbonyl (C=O) groups excluding carboxylic acids is 1. The van der Waals surface area contributed by atoms with E-state index in [1.54, 1.807) is 13.0 Å². The van der Waals surface area contributed by atoms with Crippen LogP contribution in [0.3, 0.4) is 0 Å². The van der Waals surface area contributed by atoms with Gasteiger partial charge < -0.3 is 19.1 Å². The van der Waals surface area contributed by atoms with E-state index < -0.39 is 12.6 Å². The largest absolute Gasteiger partial charge is 0.546 e. The molecular weight excluding hydrogens is 339 g/mol. The van der Waals surface area contributed by atoms with Gasteiger partial charge in [0.1, 0.15) is 29.5 Å². The lowest BCUT2D eigenvalue weighted by atomic mass is 10.0. The number of fused-ring (bicyclic) bond motifs is 1. The number of benzene rings is 2. The van der Waals surface area contributed by atoms with Gasteiger partial charge in [-0.15, -0.1) is 0 Å². The predicted octanol–water partition coefficient (Wildman–Crippen LogP) is 2.60. The fourth-order valence-corrected chi connectivity index (χ4v) is 2.88. The molecule has 3 aromatic rings. The number of halogens is 1. The third-order valence-corrected chi connectivity index (χ3v) is 4.11. The van der Waals surface area contributed by atoms with Crippen LogP contribution in [0.15, 0.2) is 45.6 Å². The first-order valence-corrected chi connectivity index (χ1v) is 8.09. The molecule has 6 heteroatoms. The van der Waals surface area contributed by atoms with E-state index >= 15 is 0 Å². The van der Waals surface area contributed by atoms with E-state index in [0.717, 1.165) is 0 Å². The summed E-state index contributed by atoms with van der Waals surface area (Å²) < 4.78 is 24.2. The number of rotatable bonds is 5. The zero-order valence-corrected chi connectivity index (χ0v) is 14.3. The van der Waals surface area contributed by atoms with Crippen molar-refractivity contribution in [2.24, 2.45) is 0 Å². The number of ether oxygens (including phenoxy) is 1. The highest BCUT2D eigenvalue weighted by atomic mass is 19.1. The number of aryl methyl sites for hydroxylation is 2. The highest BCUT2D eigenvalue weighted by Gasteiger charge is 2.16. The van der Waals surface area contributed by atoms with Crippen LogP contribution in [0.4, 0.5) is 4.39 Å². The summed E-state index contributed by atoms with van der Waals surface area (Å²) in [6, 6.07) is 8.77. The van der Waals surface area contributed by atoms with Crippen LogP contribution in [0.5, 0.6) is 5.75 Å². The lowest BCUT2D eigenvalue weighted by Gasteiger charge is -2.13. The van der Waals surface area contributed by atoms with Crippen LogP contribution in [0.25, 0.3) is 22.1 Å². The minimum atomic E-state index is -1.34. The van der Waals surface area contributed by atoms with E-state index in [1.165, 1.54) is 30.3 Å². The highest BCUT2D eigenvalue weighted by Crippen LogP contribution is 2.29. The smallest absolute Gasteiger partial charge is 0.200 e. The van der Waals surface area contributed by atoms with E-state index in [9.17, 15) is 19.1 Å². The van der Waals surface area contributed by atoms with Crippen molar-refractivity contribution in [2.75, 3.05) is 6.61 Å². The van der Waals surface area contributed by atoms with Gasteiger partial charge in [-0.05, 0) is 42.7 Å². The Morgan fingerprint density at radius 3 is 2.54 bits per heavy atom. The summed E-state index contributed by atoms with van der Waals surface area (Å²) in [6.07, 6.45) is 0.539. The van der Waals surface area contributed by atoms with Crippen molar-refractivity contribution < 1.29 is 23.4 Å². The molecule has 3 rings (SSSR count). The molecule has 0 bridgehead atoms. The van der Waals surface area contributed by atoms with Gasteiger partial charge in [0.25, 0.3) is 0 Å². The van der Waals surface area contributed by atoms with Crippen LogP contribution in [0.1, 0.15) is 18.2 Å². The number of hydrogen-bond acceptors (Lipinski definition) is 5. The Kier molecular flexibility index (Phi) is 4.75. The number of carboxylic acid groups (broad SMARTS) is 1. The molecule has 0 spiro atoms. The first kappa shape index (κ1) is 17.7. The molecule has 1 aromatic heterocycles. The minimum absolute atomic E-state index is 0.239. The number of aliphatic carboxylic acids is 1. The third-order valence-electron chi connectivity index (χ3n) is 4.11. The number of hydrogen-bond donors (Lipinski definition) is 0. The summed E-state index contributed by atoms with van der Waals surface area (Å²) in [5.74, 6) is -1.01. The molecule has 0 N–H and O–H groups in total. The summed E-state index contributed by atoms with van der Waals surface area (Å²) in [5.41, 5.74) is 1.67. The van der Waals surface area contributed by atoms with E-state index in [2.05, 4.69) is 0 Å². The van der Waals surface area contributed by atoms with Crippen molar-refractivity contribution in [1.82, 2.24) is 0 Å². The Bertz CT molecular complexity index is 1030. The SMILES string of the molecule is CCc1cc2c(=O)c(-c3ccc(F)cc3)c(C)oc2cc1OCC(=O)[O-]. The van der Waals surface area contributed by atoms with Crippen molar-refractivity contribution in [3.05, 3.63) is 63.8 Å². The Balaban J connectivity index is 2.19. The zero-order valence-electron chi connectivity index (χ0n) is 14.3. The zero-order chi connectivity index (χ0) is 18.8. The molecule has 0 radical (unpaired) electrons. The van der Waals surface area contributed by atoms with Crippen LogP contribution in [0.2, 0.25) is 0 Å². The van der Waals surface area contributed by atoms with Gasteiger partial charge in [0.2, 0.25) is 5.43 Å². The second-order valence-electron chi connectivity index (χ2n) is 5.84. The minimum Gasteiger partial charge on any atom is -0.546 e. The van der Waals surface area contributed by atoms with E-state index in [1.807, 2.05) is 6.92 Å². The van der Waals surface area contributed by atoms with Gasteiger partial charge >= 0.3 is 0 Å². The van der Waals surface area contributed by atoms with Gasteiger partial charge in [0.05, 0.1) is 16.9 Å². The Hall–Kier alpha value is -3.15. The van der Waals surface area contributed by atoms with Gasteiger partial charge in [-0.3, -0.25) is 4.79 Å². The molecule has 134 valence electrons. The Morgan fingerprint density at radius 1 is 1.23 bits per heavy atom. The average Bonchev–Trinajstić information content (AvgIpc) is 2.61. The molecule has 0 aliphatic carbocycles. The van der Waals surface area contributed by atoms with Crippen molar-refractivity contribution in [1.29, 1.82) is 0 Å². The normalized spacial score (nSPS) is 10.9. The molecule has 1 heterocycles. The van der Waals surface area contributed by atoms with Gasteiger partial charge in [0, 0.05) is 6.07 Å². The molecule has 0 fully saturated rings. The number of carbonyl (C=O) groups is 1. The van der Waals surface area contributed by atoms with E-state index in [-0.39, 0.29) is 11.2 Å². The Morgan fingerprint density at radius 2 is 1.92 bits per heavy atom. The average molecular weight is 355 g/mol. The van der Waals surface area contributed by atoms with Crippen molar-refractivity contribution in [2.45, 2.75) is 20.3 Å². The van der Waals surface area contributed by atoms with Crippen LogP contribution >= 0.6 is 0 Å². The van der Waals surface area contributed by atoms with Crippen molar-refractivity contribution in [3.63, 3.8) is 0 Å². The van der Waals surface area contributed by atoms with Gasteiger partial charge in [-0.1, -0.05) is 19.1 Å². The molecule has 0 atom stereocenters. The van der Waals surface area contributed by atoms with Crippen LogP contribution < -0.4 is 15.3 Å². The van der Waals surface area contributed by atoms with Gasteiger partial charge in [-0.2, -0.15) is 0 Å². The summed E-state index contributed by atoms with van der Waals surface area (Å²) in [5, 5.41) is 11.0. The Labute approximate surface area is 148 Å². The lowest BCUT2D eigenvalue weighted by molar-refractivity contribution is -0.307. The van der Waals surface area contributed by atoms with E-state index in [4.69, 9.17) is 9.15 Å². The molecule has 0 aliphatic heterocycles. The molecule has 2 aromatic carbocycles. The van der Waals surface area contributed by atoms with Crippen LogP contribution in [0, 0.1) is 12.7 Å². The van der Waals surface area contributed by atoms with E-state index in [0.29, 0.717) is 45.6 Å². The monoisotopic (exact) mass is 355 g/mol. The van der Waals surface area contributed by atoms with Gasteiger partial charge in [-0.25, -0.2) is 4.39 Å².